The second-order valence-corrected chi connectivity index (χ2v) is 6.21. The number of carbonyl (C=O) groups is 2. The highest BCUT2D eigenvalue weighted by molar-refractivity contribution is 5.91. The highest BCUT2D eigenvalue weighted by atomic mass is 16.5. The summed E-state index contributed by atoms with van der Waals surface area (Å²) in [6.45, 7) is 4.05. The van der Waals surface area contributed by atoms with E-state index >= 15 is 0 Å². The van der Waals surface area contributed by atoms with Crippen LogP contribution in [0.25, 0.3) is 0 Å². The quantitative estimate of drug-likeness (QED) is 0.867. The number of hydrogen-bond donors (Lipinski definition) is 1. The van der Waals surface area contributed by atoms with Gasteiger partial charge in [0.15, 0.2) is 6.61 Å². The number of hydrogen-bond acceptors (Lipinski definition) is 4. The zero-order valence-electron chi connectivity index (χ0n) is 13.5. The summed E-state index contributed by atoms with van der Waals surface area (Å²) in [7, 11) is 0. The predicted octanol–water partition coefficient (Wildman–Crippen LogP) is 2.66. The van der Waals surface area contributed by atoms with Gasteiger partial charge in [0.1, 0.15) is 0 Å². The molecule has 0 bridgehead atoms. The van der Waals surface area contributed by atoms with Crippen molar-refractivity contribution in [2.45, 2.75) is 39.2 Å². The first-order chi connectivity index (χ1) is 11.0. The summed E-state index contributed by atoms with van der Waals surface area (Å²) in [6, 6.07) is 8.34. The van der Waals surface area contributed by atoms with Crippen molar-refractivity contribution >= 4 is 11.9 Å². The molecule has 1 aromatic rings. The van der Waals surface area contributed by atoms with Crippen LogP contribution < -0.4 is 5.32 Å². The van der Waals surface area contributed by atoms with Gasteiger partial charge in [0.25, 0.3) is 5.91 Å². The summed E-state index contributed by atoms with van der Waals surface area (Å²) in [5.74, 6) is 0.143. The number of nitrogens with one attached hydrogen (secondary N) is 1. The molecule has 0 spiro atoms. The van der Waals surface area contributed by atoms with Gasteiger partial charge in [0, 0.05) is 6.04 Å². The van der Waals surface area contributed by atoms with E-state index in [1.807, 2.05) is 6.07 Å². The Morgan fingerprint density at radius 1 is 1.35 bits per heavy atom. The average Bonchev–Trinajstić information content (AvgIpc) is 2.57. The lowest BCUT2D eigenvalue weighted by molar-refractivity contribution is -0.125. The number of ether oxygens (including phenoxy) is 1. The summed E-state index contributed by atoms with van der Waals surface area (Å²) < 4.78 is 5.03. The van der Waals surface area contributed by atoms with Crippen LogP contribution in [0.5, 0.6) is 0 Å². The molecule has 0 aliphatic heterocycles. The molecule has 23 heavy (non-hydrogen) atoms. The first-order valence-electron chi connectivity index (χ1n) is 7.98. The van der Waals surface area contributed by atoms with E-state index in [2.05, 4.69) is 19.2 Å². The van der Waals surface area contributed by atoms with Gasteiger partial charge < -0.3 is 10.1 Å². The smallest absolute Gasteiger partial charge is 0.338 e. The molecular formula is C18H22N2O3. The molecule has 1 N–H and O–H groups in total. The van der Waals surface area contributed by atoms with Crippen LogP contribution in [0.4, 0.5) is 0 Å². The molecule has 0 radical (unpaired) electrons. The molecule has 0 aromatic heterocycles. The number of nitriles is 1. The first kappa shape index (κ1) is 17.0. The SMILES string of the molecule is C[C@@H]1[C@H](C)CCC[C@@H]1NC(=O)COC(=O)c1cccc(C#N)c1. The number of esters is 1. The van der Waals surface area contributed by atoms with E-state index in [-0.39, 0.29) is 24.1 Å². The van der Waals surface area contributed by atoms with E-state index in [1.54, 1.807) is 18.2 Å². The van der Waals surface area contributed by atoms with E-state index in [9.17, 15) is 9.59 Å². The fraction of sp³-hybridized carbons (Fsp3) is 0.500. The average molecular weight is 314 g/mol. The zero-order valence-corrected chi connectivity index (χ0v) is 13.5. The lowest BCUT2D eigenvalue weighted by Crippen LogP contribution is -2.45. The molecular weight excluding hydrogens is 292 g/mol. The van der Waals surface area contributed by atoms with Crippen LogP contribution in [0.15, 0.2) is 24.3 Å². The van der Waals surface area contributed by atoms with Gasteiger partial charge >= 0.3 is 5.97 Å². The van der Waals surface area contributed by atoms with Crippen LogP contribution in [-0.2, 0) is 9.53 Å². The summed E-state index contributed by atoms with van der Waals surface area (Å²) in [4.78, 5) is 23.9. The Morgan fingerprint density at radius 2 is 2.13 bits per heavy atom. The fourth-order valence-corrected chi connectivity index (χ4v) is 2.96. The summed E-state index contributed by atoms with van der Waals surface area (Å²) in [6.07, 6.45) is 3.27. The minimum atomic E-state index is -0.595. The number of benzene rings is 1. The number of carbonyl (C=O) groups excluding carboxylic acids is 2. The van der Waals surface area contributed by atoms with Crippen molar-refractivity contribution < 1.29 is 14.3 Å². The van der Waals surface area contributed by atoms with Gasteiger partial charge in [-0.1, -0.05) is 32.8 Å². The Bertz CT molecular complexity index is 621. The second kappa shape index (κ2) is 7.77. The Balaban J connectivity index is 1.84. The van der Waals surface area contributed by atoms with Crippen LogP contribution in [-0.4, -0.2) is 24.5 Å². The van der Waals surface area contributed by atoms with E-state index in [4.69, 9.17) is 10.00 Å². The summed E-state index contributed by atoms with van der Waals surface area (Å²) in [5.41, 5.74) is 0.658. The van der Waals surface area contributed by atoms with E-state index in [0.717, 1.165) is 12.8 Å². The maximum atomic E-state index is 12.0. The minimum Gasteiger partial charge on any atom is -0.452 e. The van der Waals surface area contributed by atoms with E-state index in [0.29, 0.717) is 17.4 Å². The third kappa shape index (κ3) is 4.56. The fourth-order valence-electron chi connectivity index (χ4n) is 2.96. The lowest BCUT2D eigenvalue weighted by Gasteiger charge is -2.34. The van der Waals surface area contributed by atoms with Crippen molar-refractivity contribution in [3.63, 3.8) is 0 Å². The maximum Gasteiger partial charge on any atom is 0.338 e. The molecule has 1 amide bonds. The van der Waals surface area contributed by atoms with Gasteiger partial charge in [-0.25, -0.2) is 4.79 Å². The summed E-state index contributed by atoms with van der Waals surface area (Å²) >= 11 is 0. The molecule has 5 heteroatoms. The first-order valence-corrected chi connectivity index (χ1v) is 7.98. The van der Waals surface area contributed by atoms with Gasteiger partial charge in [0.2, 0.25) is 0 Å². The number of amides is 1. The van der Waals surface area contributed by atoms with Crippen LogP contribution in [0.2, 0.25) is 0 Å². The topological polar surface area (TPSA) is 79.2 Å². The van der Waals surface area contributed by atoms with Crippen molar-refractivity contribution in [1.29, 1.82) is 5.26 Å². The molecule has 5 nitrogen and oxygen atoms in total. The molecule has 1 saturated carbocycles. The minimum absolute atomic E-state index is 0.145. The molecule has 1 aliphatic rings. The second-order valence-electron chi connectivity index (χ2n) is 6.21. The van der Waals surface area contributed by atoms with Gasteiger partial charge in [-0.15, -0.1) is 0 Å². The van der Waals surface area contributed by atoms with Crippen molar-refractivity contribution in [2.24, 2.45) is 11.8 Å². The molecule has 2 rings (SSSR count). The normalized spacial score (nSPS) is 23.6. The monoisotopic (exact) mass is 314 g/mol. The molecule has 1 aliphatic carbocycles. The molecule has 1 aromatic carbocycles. The zero-order chi connectivity index (χ0) is 16.8. The van der Waals surface area contributed by atoms with Crippen LogP contribution in [0, 0.1) is 23.2 Å². The van der Waals surface area contributed by atoms with Crippen molar-refractivity contribution in [2.75, 3.05) is 6.61 Å². The van der Waals surface area contributed by atoms with Crippen LogP contribution >= 0.6 is 0 Å². The molecule has 0 saturated heterocycles. The van der Waals surface area contributed by atoms with Gasteiger partial charge in [-0.2, -0.15) is 5.26 Å². The third-order valence-electron chi connectivity index (χ3n) is 4.61. The Labute approximate surface area is 136 Å². The van der Waals surface area contributed by atoms with Crippen LogP contribution in [0.3, 0.4) is 0 Å². The number of nitrogens with zero attached hydrogens (tertiary/aromatic N) is 1. The highest BCUT2D eigenvalue weighted by Crippen LogP contribution is 2.29. The number of rotatable bonds is 4. The predicted molar refractivity (Wildman–Crippen MR) is 85.5 cm³/mol. The van der Waals surface area contributed by atoms with Gasteiger partial charge in [-0.05, 0) is 36.5 Å². The summed E-state index contributed by atoms with van der Waals surface area (Å²) in [5, 5.41) is 11.8. The Morgan fingerprint density at radius 3 is 2.87 bits per heavy atom. The Hall–Kier alpha value is -2.35. The molecule has 0 unspecified atom stereocenters. The highest BCUT2D eigenvalue weighted by Gasteiger charge is 2.28. The Kier molecular flexibility index (Phi) is 5.75. The largest absolute Gasteiger partial charge is 0.452 e. The van der Waals surface area contributed by atoms with E-state index in [1.165, 1.54) is 12.5 Å². The molecule has 1 fully saturated rings. The molecule has 3 atom stereocenters. The van der Waals surface area contributed by atoms with Gasteiger partial charge in [-0.3, -0.25) is 4.79 Å². The van der Waals surface area contributed by atoms with Crippen LogP contribution in [0.1, 0.15) is 49.0 Å². The standard InChI is InChI=1S/C18H22N2O3/c1-12-5-3-8-16(13(12)2)20-17(21)11-23-18(22)15-7-4-6-14(9-15)10-19/h4,6-7,9,12-13,16H,3,5,8,11H2,1-2H3,(H,20,21)/t12-,13-,16+/m1/s1. The molecule has 0 heterocycles. The van der Waals surface area contributed by atoms with Crippen molar-refractivity contribution in [3.8, 4) is 6.07 Å². The lowest BCUT2D eigenvalue weighted by atomic mass is 9.78. The van der Waals surface area contributed by atoms with Crippen molar-refractivity contribution in [1.82, 2.24) is 5.32 Å². The maximum absolute atomic E-state index is 12.0. The van der Waals surface area contributed by atoms with Gasteiger partial charge in [0.05, 0.1) is 17.2 Å². The molecule has 122 valence electrons. The third-order valence-corrected chi connectivity index (χ3v) is 4.61. The van der Waals surface area contributed by atoms with Crippen molar-refractivity contribution in [3.05, 3.63) is 35.4 Å². The van der Waals surface area contributed by atoms with E-state index < -0.39 is 5.97 Å².